The van der Waals surface area contributed by atoms with Gasteiger partial charge in [0.05, 0.1) is 24.8 Å². The van der Waals surface area contributed by atoms with E-state index < -0.39 is 4.92 Å². The van der Waals surface area contributed by atoms with E-state index >= 15 is 0 Å². The SMILES string of the molecule is COc1ccc(-c2cc(-c3ccc([N+](=O)[O-])cc3)c(-c3ccc(OC)cc3)nn2)cc1. The first-order valence-electron chi connectivity index (χ1n) is 9.50. The molecule has 0 amide bonds. The highest BCUT2D eigenvalue weighted by molar-refractivity contribution is 5.83. The molecule has 7 heteroatoms. The first kappa shape index (κ1) is 20.0. The molecule has 0 bridgehead atoms. The van der Waals surface area contributed by atoms with Crippen LogP contribution >= 0.6 is 0 Å². The fraction of sp³-hybridized carbons (Fsp3) is 0.0833. The lowest BCUT2D eigenvalue weighted by Gasteiger charge is -2.12. The Morgan fingerprint density at radius 1 is 0.710 bits per heavy atom. The molecule has 0 aliphatic carbocycles. The molecule has 3 aromatic carbocycles. The molecule has 4 aromatic rings. The van der Waals surface area contributed by atoms with Crippen molar-refractivity contribution in [2.75, 3.05) is 14.2 Å². The summed E-state index contributed by atoms with van der Waals surface area (Å²) in [6.07, 6.45) is 0. The molecule has 154 valence electrons. The van der Waals surface area contributed by atoms with E-state index in [2.05, 4.69) is 10.2 Å². The summed E-state index contributed by atoms with van der Waals surface area (Å²) < 4.78 is 10.5. The summed E-state index contributed by atoms with van der Waals surface area (Å²) in [7, 11) is 3.23. The molecule has 0 aliphatic rings. The molecule has 0 fully saturated rings. The van der Waals surface area contributed by atoms with Crippen LogP contribution in [0.25, 0.3) is 33.6 Å². The van der Waals surface area contributed by atoms with E-state index in [1.807, 2.05) is 54.6 Å². The molecule has 4 rings (SSSR count). The van der Waals surface area contributed by atoms with Crippen LogP contribution in [0.3, 0.4) is 0 Å². The lowest BCUT2D eigenvalue weighted by molar-refractivity contribution is -0.384. The minimum absolute atomic E-state index is 0.0344. The van der Waals surface area contributed by atoms with Gasteiger partial charge < -0.3 is 9.47 Å². The normalized spacial score (nSPS) is 10.5. The van der Waals surface area contributed by atoms with Gasteiger partial charge in [0.2, 0.25) is 0 Å². The minimum atomic E-state index is -0.415. The molecule has 0 spiro atoms. The van der Waals surface area contributed by atoms with Crippen molar-refractivity contribution in [2.24, 2.45) is 0 Å². The Kier molecular flexibility index (Phi) is 5.57. The molecule has 0 saturated carbocycles. The van der Waals surface area contributed by atoms with Crippen molar-refractivity contribution in [3.8, 4) is 45.1 Å². The van der Waals surface area contributed by atoms with Crippen LogP contribution in [0.4, 0.5) is 5.69 Å². The van der Waals surface area contributed by atoms with E-state index in [-0.39, 0.29) is 5.69 Å². The molecule has 1 aromatic heterocycles. The Bertz CT molecular complexity index is 1210. The highest BCUT2D eigenvalue weighted by atomic mass is 16.6. The number of nitro groups is 1. The monoisotopic (exact) mass is 413 g/mol. The van der Waals surface area contributed by atoms with E-state index in [0.717, 1.165) is 33.8 Å². The first-order chi connectivity index (χ1) is 15.1. The van der Waals surface area contributed by atoms with Crippen LogP contribution in [0.5, 0.6) is 11.5 Å². The molecule has 0 aliphatic heterocycles. The lowest BCUT2D eigenvalue weighted by atomic mass is 9.98. The Morgan fingerprint density at radius 3 is 1.74 bits per heavy atom. The van der Waals surface area contributed by atoms with E-state index in [4.69, 9.17) is 9.47 Å². The van der Waals surface area contributed by atoms with Gasteiger partial charge in [0, 0.05) is 28.8 Å². The van der Waals surface area contributed by atoms with Gasteiger partial charge in [-0.25, -0.2) is 0 Å². The highest BCUT2D eigenvalue weighted by Crippen LogP contribution is 2.34. The number of hydrogen-bond donors (Lipinski definition) is 0. The molecule has 31 heavy (non-hydrogen) atoms. The summed E-state index contributed by atoms with van der Waals surface area (Å²) in [5.74, 6) is 1.49. The zero-order chi connectivity index (χ0) is 21.8. The van der Waals surface area contributed by atoms with Gasteiger partial charge in [-0.3, -0.25) is 10.1 Å². The molecular formula is C24H19N3O4. The molecular weight excluding hydrogens is 394 g/mol. The van der Waals surface area contributed by atoms with Crippen molar-refractivity contribution in [3.63, 3.8) is 0 Å². The molecule has 1 heterocycles. The average molecular weight is 413 g/mol. The van der Waals surface area contributed by atoms with Crippen molar-refractivity contribution in [3.05, 3.63) is 89.0 Å². The maximum Gasteiger partial charge on any atom is 0.269 e. The van der Waals surface area contributed by atoms with Crippen LogP contribution in [-0.4, -0.2) is 29.3 Å². The number of aromatic nitrogens is 2. The summed E-state index contributed by atoms with van der Waals surface area (Å²) in [6, 6.07) is 23.4. The number of non-ortho nitro benzene ring substituents is 1. The topological polar surface area (TPSA) is 87.4 Å². The van der Waals surface area contributed by atoms with Crippen LogP contribution in [0, 0.1) is 10.1 Å². The second kappa shape index (κ2) is 8.62. The van der Waals surface area contributed by atoms with Gasteiger partial charge in [0.1, 0.15) is 17.2 Å². The maximum atomic E-state index is 11.1. The Hall–Kier alpha value is -4.26. The number of rotatable bonds is 6. The van der Waals surface area contributed by atoms with E-state index in [0.29, 0.717) is 11.4 Å². The van der Waals surface area contributed by atoms with Crippen molar-refractivity contribution in [1.82, 2.24) is 10.2 Å². The van der Waals surface area contributed by atoms with Gasteiger partial charge in [0.15, 0.2) is 0 Å². The first-order valence-corrected chi connectivity index (χ1v) is 9.50. The zero-order valence-electron chi connectivity index (χ0n) is 17.0. The highest BCUT2D eigenvalue weighted by Gasteiger charge is 2.14. The predicted molar refractivity (Wildman–Crippen MR) is 118 cm³/mol. The van der Waals surface area contributed by atoms with Gasteiger partial charge in [-0.05, 0) is 72.3 Å². The van der Waals surface area contributed by atoms with Crippen molar-refractivity contribution in [1.29, 1.82) is 0 Å². The van der Waals surface area contributed by atoms with E-state index in [1.165, 1.54) is 12.1 Å². The standard InChI is InChI=1S/C24H19N3O4/c1-30-20-11-5-17(6-12-20)23-15-22(16-3-9-19(10-4-16)27(28)29)24(26-25-23)18-7-13-21(31-2)14-8-18/h3-15H,1-2H3. The fourth-order valence-corrected chi connectivity index (χ4v) is 3.24. The Balaban J connectivity index is 1.84. The van der Waals surface area contributed by atoms with Gasteiger partial charge >= 0.3 is 0 Å². The smallest absolute Gasteiger partial charge is 0.269 e. The number of nitro benzene ring substituents is 1. The summed E-state index contributed by atoms with van der Waals surface area (Å²) >= 11 is 0. The molecule has 7 nitrogen and oxygen atoms in total. The number of benzene rings is 3. The average Bonchev–Trinajstić information content (AvgIpc) is 2.84. The van der Waals surface area contributed by atoms with Gasteiger partial charge in [-0.15, -0.1) is 10.2 Å². The van der Waals surface area contributed by atoms with Gasteiger partial charge in [-0.2, -0.15) is 0 Å². The van der Waals surface area contributed by atoms with Crippen molar-refractivity contribution in [2.45, 2.75) is 0 Å². The van der Waals surface area contributed by atoms with E-state index in [9.17, 15) is 10.1 Å². The molecule has 0 atom stereocenters. The molecule has 0 saturated heterocycles. The van der Waals surface area contributed by atoms with Crippen LogP contribution in [0.15, 0.2) is 78.9 Å². The summed E-state index contributed by atoms with van der Waals surface area (Å²) in [4.78, 5) is 10.6. The third-order valence-electron chi connectivity index (χ3n) is 4.93. The van der Waals surface area contributed by atoms with Crippen LogP contribution in [0.2, 0.25) is 0 Å². The summed E-state index contributed by atoms with van der Waals surface area (Å²) in [5.41, 5.74) is 4.77. The number of hydrogen-bond acceptors (Lipinski definition) is 6. The largest absolute Gasteiger partial charge is 0.497 e. The maximum absolute atomic E-state index is 11.1. The van der Waals surface area contributed by atoms with Crippen LogP contribution < -0.4 is 9.47 Å². The molecule has 0 N–H and O–H groups in total. The van der Waals surface area contributed by atoms with Gasteiger partial charge in [-0.1, -0.05) is 0 Å². The number of methoxy groups -OCH3 is 2. The fourth-order valence-electron chi connectivity index (χ4n) is 3.24. The molecule has 0 unspecified atom stereocenters. The van der Waals surface area contributed by atoms with Crippen LogP contribution in [0.1, 0.15) is 0 Å². The zero-order valence-corrected chi connectivity index (χ0v) is 17.0. The number of nitrogens with zero attached hydrogens (tertiary/aromatic N) is 3. The minimum Gasteiger partial charge on any atom is -0.497 e. The van der Waals surface area contributed by atoms with Crippen LogP contribution in [-0.2, 0) is 0 Å². The summed E-state index contributed by atoms with van der Waals surface area (Å²) in [6.45, 7) is 0. The predicted octanol–water partition coefficient (Wildman–Crippen LogP) is 5.40. The van der Waals surface area contributed by atoms with E-state index in [1.54, 1.807) is 26.4 Å². The third-order valence-corrected chi connectivity index (χ3v) is 4.93. The Morgan fingerprint density at radius 2 is 1.23 bits per heavy atom. The van der Waals surface area contributed by atoms with Gasteiger partial charge in [0.25, 0.3) is 5.69 Å². The summed E-state index contributed by atoms with van der Waals surface area (Å²) in [5, 5.41) is 20.0. The number of ether oxygens (including phenoxy) is 2. The quantitative estimate of drug-likeness (QED) is 0.311. The second-order valence-electron chi connectivity index (χ2n) is 6.75. The Labute approximate surface area is 179 Å². The molecule has 0 radical (unpaired) electrons. The third kappa shape index (κ3) is 4.20. The lowest BCUT2D eigenvalue weighted by Crippen LogP contribution is -1.96. The van der Waals surface area contributed by atoms with Crippen molar-refractivity contribution >= 4 is 5.69 Å². The second-order valence-corrected chi connectivity index (χ2v) is 6.75. The van der Waals surface area contributed by atoms with Crippen molar-refractivity contribution < 1.29 is 14.4 Å².